The zero-order valence-corrected chi connectivity index (χ0v) is 16.6. The molecule has 1 N–H and O–H groups in total. The van der Waals surface area contributed by atoms with Crippen molar-refractivity contribution >= 4 is 27.5 Å². The Labute approximate surface area is 160 Å². The molecule has 1 atom stereocenters. The van der Waals surface area contributed by atoms with Crippen LogP contribution in [0.4, 0.5) is 0 Å². The lowest BCUT2D eigenvalue weighted by Gasteiger charge is -2.25. The molecule has 0 heterocycles. The SMILES string of the molecule is CNS(=O)(=O)c1ccc(CCC(=O)N(C)C(C)c2ccc(Cl)cc2)cc1. The van der Waals surface area contributed by atoms with E-state index >= 15 is 0 Å². The minimum Gasteiger partial charge on any atom is -0.339 e. The van der Waals surface area contributed by atoms with Crippen molar-refractivity contribution in [2.45, 2.75) is 30.7 Å². The first kappa shape index (κ1) is 20.4. The minimum atomic E-state index is -3.44. The molecule has 0 aliphatic carbocycles. The summed E-state index contributed by atoms with van der Waals surface area (Å²) in [6.45, 7) is 1.97. The van der Waals surface area contributed by atoms with Crippen LogP contribution in [0.2, 0.25) is 5.02 Å². The predicted octanol–water partition coefficient (Wildman–Crippen LogP) is 3.40. The summed E-state index contributed by atoms with van der Waals surface area (Å²) in [5, 5.41) is 0.665. The molecule has 1 unspecified atom stereocenters. The smallest absolute Gasteiger partial charge is 0.240 e. The Bertz CT molecular complexity index is 849. The molecule has 1 amide bonds. The molecule has 5 nitrogen and oxygen atoms in total. The van der Waals surface area contributed by atoms with Crippen LogP contribution in [0.3, 0.4) is 0 Å². The van der Waals surface area contributed by atoms with Crippen molar-refractivity contribution in [3.63, 3.8) is 0 Å². The summed E-state index contributed by atoms with van der Waals surface area (Å²) in [5.74, 6) is 0.0272. The molecule has 0 fully saturated rings. The number of rotatable bonds is 7. The molecule has 26 heavy (non-hydrogen) atoms. The quantitative estimate of drug-likeness (QED) is 0.782. The normalized spacial score (nSPS) is 12.6. The van der Waals surface area contributed by atoms with Gasteiger partial charge in [0.2, 0.25) is 15.9 Å². The number of carbonyl (C=O) groups excluding carboxylic acids is 1. The van der Waals surface area contributed by atoms with Crippen LogP contribution in [-0.4, -0.2) is 33.3 Å². The fourth-order valence-corrected chi connectivity index (χ4v) is 3.42. The van der Waals surface area contributed by atoms with Gasteiger partial charge in [-0.25, -0.2) is 13.1 Å². The Morgan fingerprint density at radius 2 is 1.69 bits per heavy atom. The Hall–Kier alpha value is -1.89. The van der Waals surface area contributed by atoms with E-state index in [0.29, 0.717) is 17.9 Å². The summed E-state index contributed by atoms with van der Waals surface area (Å²) in [5.41, 5.74) is 1.94. The highest BCUT2D eigenvalue weighted by atomic mass is 35.5. The van der Waals surface area contributed by atoms with Crippen LogP contribution in [0.5, 0.6) is 0 Å². The minimum absolute atomic E-state index is 0.0272. The molecule has 0 spiro atoms. The van der Waals surface area contributed by atoms with E-state index in [2.05, 4.69) is 4.72 Å². The van der Waals surface area contributed by atoms with Crippen molar-refractivity contribution in [2.24, 2.45) is 0 Å². The van der Waals surface area contributed by atoms with Crippen molar-refractivity contribution in [3.8, 4) is 0 Å². The summed E-state index contributed by atoms with van der Waals surface area (Å²) in [4.78, 5) is 14.4. The van der Waals surface area contributed by atoms with Crippen LogP contribution in [0, 0.1) is 0 Å². The molecular formula is C19H23ClN2O3S. The molecule has 0 aliphatic heterocycles. The van der Waals surface area contributed by atoms with E-state index in [1.165, 1.54) is 7.05 Å². The van der Waals surface area contributed by atoms with Crippen LogP contribution >= 0.6 is 11.6 Å². The van der Waals surface area contributed by atoms with Crippen LogP contribution in [0.15, 0.2) is 53.4 Å². The number of hydrogen-bond donors (Lipinski definition) is 1. The maximum atomic E-state index is 12.5. The first-order chi connectivity index (χ1) is 12.2. The van der Waals surface area contributed by atoms with Crippen molar-refractivity contribution in [2.75, 3.05) is 14.1 Å². The second-order valence-electron chi connectivity index (χ2n) is 6.08. The van der Waals surface area contributed by atoms with Gasteiger partial charge >= 0.3 is 0 Å². The second-order valence-corrected chi connectivity index (χ2v) is 8.41. The third-order valence-corrected chi connectivity index (χ3v) is 6.14. The Kier molecular flexibility index (Phi) is 6.81. The van der Waals surface area contributed by atoms with Gasteiger partial charge in [0, 0.05) is 18.5 Å². The summed E-state index contributed by atoms with van der Waals surface area (Å²) >= 11 is 5.90. The Balaban J connectivity index is 1.96. The van der Waals surface area contributed by atoms with Gasteiger partial charge in [-0.05, 0) is 55.8 Å². The number of nitrogens with one attached hydrogen (secondary N) is 1. The van der Waals surface area contributed by atoms with Crippen molar-refractivity contribution in [3.05, 3.63) is 64.7 Å². The summed E-state index contributed by atoms with van der Waals surface area (Å²) in [6, 6.07) is 14.0. The van der Waals surface area contributed by atoms with Gasteiger partial charge < -0.3 is 4.90 Å². The molecule has 0 aliphatic rings. The zero-order valence-electron chi connectivity index (χ0n) is 15.1. The predicted molar refractivity (Wildman–Crippen MR) is 104 cm³/mol. The molecule has 0 bridgehead atoms. The van der Waals surface area contributed by atoms with E-state index in [1.807, 2.05) is 31.2 Å². The topological polar surface area (TPSA) is 66.5 Å². The van der Waals surface area contributed by atoms with Crippen LogP contribution < -0.4 is 4.72 Å². The number of aryl methyl sites for hydroxylation is 1. The lowest BCUT2D eigenvalue weighted by atomic mass is 10.1. The maximum absolute atomic E-state index is 12.5. The van der Waals surface area contributed by atoms with Gasteiger partial charge in [0.05, 0.1) is 10.9 Å². The number of sulfonamides is 1. The van der Waals surface area contributed by atoms with E-state index in [-0.39, 0.29) is 16.8 Å². The standard InChI is InChI=1S/C19H23ClN2O3S/c1-14(16-7-9-17(20)10-8-16)22(3)19(23)13-6-15-4-11-18(12-5-15)26(24,25)21-2/h4-5,7-12,14,21H,6,13H2,1-3H3. The van der Waals surface area contributed by atoms with Crippen molar-refractivity contribution in [1.29, 1.82) is 0 Å². The Morgan fingerprint density at radius 1 is 1.12 bits per heavy atom. The lowest BCUT2D eigenvalue weighted by molar-refractivity contribution is -0.131. The zero-order chi connectivity index (χ0) is 19.3. The Morgan fingerprint density at radius 3 is 2.23 bits per heavy atom. The molecule has 2 aromatic carbocycles. The second kappa shape index (κ2) is 8.66. The average molecular weight is 395 g/mol. The van der Waals surface area contributed by atoms with Crippen molar-refractivity contribution in [1.82, 2.24) is 9.62 Å². The van der Waals surface area contributed by atoms with Crippen LogP contribution in [0.1, 0.15) is 30.5 Å². The van der Waals surface area contributed by atoms with E-state index in [9.17, 15) is 13.2 Å². The largest absolute Gasteiger partial charge is 0.339 e. The first-order valence-corrected chi connectivity index (χ1v) is 10.1. The van der Waals surface area contributed by atoms with Crippen LogP contribution in [0.25, 0.3) is 0 Å². The number of nitrogens with zero attached hydrogens (tertiary/aromatic N) is 1. The first-order valence-electron chi connectivity index (χ1n) is 8.28. The number of amides is 1. The van der Waals surface area contributed by atoms with Gasteiger partial charge in [0.25, 0.3) is 0 Å². The highest BCUT2D eigenvalue weighted by molar-refractivity contribution is 7.89. The molecular weight excluding hydrogens is 372 g/mol. The lowest BCUT2D eigenvalue weighted by Crippen LogP contribution is -2.29. The van der Waals surface area contributed by atoms with E-state index in [4.69, 9.17) is 11.6 Å². The van der Waals surface area contributed by atoms with Gasteiger partial charge in [-0.3, -0.25) is 4.79 Å². The maximum Gasteiger partial charge on any atom is 0.240 e. The van der Waals surface area contributed by atoms with Gasteiger partial charge in [0.15, 0.2) is 0 Å². The summed E-state index contributed by atoms with van der Waals surface area (Å²) in [6.07, 6.45) is 0.906. The number of benzene rings is 2. The summed E-state index contributed by atoms with van der Waals surface area (Å²) < 4.78 is 25.7. The molecule has 0 saturated carbocycles. The molecule has 7 heteroatoms. The van der Waals surface area contributed by atoms with Gasteiger partial charge in [-0.1, -0.05) is 35.9 Å². The van der Waals surface area contributed by atoms with Crippen LogP contribution in [-0.2, 0) is 21.2 Å². The highest BCUT2D eigenvalue weighted by Crippen LogP contribution is 2.22. The molecule has 0 saturated heterocycles. The fraction of sp³-hybridized carbons (Fsp3) is 0.316. The third kappa shape index (κ3) is 5.06. The fourth-order valence-electron chi connectivity index (χ4n) is 2.56. The van der Waals surface area contributed by atoms with Gasteiger partial charge in [0.1, 0.15) is 0 Å². The number of halogens is 1. The molecule has 0 aromatic heterocycles. The molecule has 2 rings (SSSR count). The number of hydrogen-bond acceptors (Lipinski definition) is 3. The third-order valence-electron chi connectivity index (χ3n) is 4.46. The van der Waals surface area contributed by atoms with E-state index in [0.717, 1.165) is 11.1 Å². The average Bonchev–Trinajstić information content (AvgIpc) is 2.65. The van der Waals surface area contributed by atoms with E-state index < -0.39 is 10.0 Å². The van der Waals surface area contributed by atoms with E-state index in [1.54, 1.807) is 36.2 Å². The highest BCUT2D eigenvalue weighted by Gasteiger charge is 2.17. The molecule has 0 radical (unpaired) electrons. The molecule has 2 aromatic rings. The molecule has 140 valence electrons. The number of carbonyl (C=O) groups is 1. The van der Waals surface area contributed by atoms with Gasteiger partial charge in [-0.15, -0.1) is 0 Å². The summed E-state index contributed by atoms with van der Waals surface area (Å²) in [7, 11) is -0.283. The van der Waals surface area contributed by atoms with Crippen molar-refractivity contribution < 1.29 is 13.2 Å². The van der Waals surface area contributed by atoms with Gasteiger partial charge in [-0.2, -0.15) is 0 Å². The monoisotopic (exact) mass is 394 g/mol.